The number of carbonyl (C=O) groups is 1. The SMILES string of the molecule is CCN(CC)CC(C)NCc1ccc(C(N)=O)cc1C. The van der Waals surface area contributed by atoms with Gasteiger partial charge in [-0.1, -0.05) is 19.9 Å². The third-order valence-corrected chi connectivity index (χ3v) is 3.69. The van der Waals surface area contributed by atoms with Crippen molar-refractivity contribution in [2.24, 2.45) is 5.73 Å². The fraction of sp³-hybridized carbons (Fsp3) is 0.562. The summed E-state index contributed by atoms with van der Waals surface area (Å²) in [5, 5.41) is 3.53. The minimum Gasteiger partial charge on any atom is -0.366 e. The maximum Gasteiger partial charge on any atom is 0.248 e. The number of benzene rings is 1. The van der Waals surface area contributed by atoms with E-state index in [-0.39, 0.29) is 5.91 Å². The predicted octanol–water partition coefficient (Wildman–Crippen LogP) is 1.91. The maximum absolute atomic E-state index is 11.1. The number of hydrogen-bond acceptors (Lipinski definition) is 3. The molecule has 1 aromatic carbocycles. The Kier molecular flexibility index (Phi) is 6.68. The van der Waals surface area contributed by atoms with E-state index in [0.717, 1.165) is 31.7 Å². The first-order chi connectivity index (χ1) is 9.47. The van der Waals surface area contributed by atoms with Crippen LogP contribution in [-0.2, 0) is 6.54 Å². The van der Waals surface area contributed by atoms with Gasteiger partial charge in [0.2, 0.25) is 5.91 Å². The Balaban J connectivity index is 2.55. The maximum atomic E-state index is 11.1. The van der Waals surface area contributed by atoms with Crippen LogP contribution in [0, 0.1) is 6.92 Å². The smallest absolute Gasteiger partial charge is 0.248 e. The highest BCUT2D eigenvalue weighted by atomic mass is 16.1. The number of nitrogens with zero attached hydrogens (tertiary/aromatic N) is 1. The Morgan fingerprint density at radius 1 is 1.35 bits per heavy atom. The number of nitrogens with two attached hydrogens (primary N) is 1. The third kappa shape index (κ3) is 4.94. The molecule has 112 valence electrons. The monoisotopic (exact) mass is 277 g/mol. The summed E-state index contributed by atoms with van der Waals surface area (Å²) in [7, 11) is 0. The van der Waals surface area contributed by atoms with E-state index in [2.05, 4.69) is 31.0 Å². The molecule has 0 fully saturated rings. The number of carbonyl (C=O) groups excluding carboxylic acids is 1. The molecule has 3 N–H and O–H groups in total. The van der Waals surface area contributed by atoms with Crippen molar-refractivity contribution in [2.45, 2.75) is 40.3 Å². The number of amides is 1. The number of likely N-dealkylation sites (N-methyl/N-ethyl adjacent to an activating group) is 1. The van der Waals surface area contributed by atoms with Crippen molar-refractivity contribution < 1.29 is 4.79 Å². The molecule has 4 heteroatoms. The Labute approximate surface area is 122 Å². The molecule has 0 bridgehead atoms. The van der Waals surface area contributed by atoms with Crippen LogP contribution in [0.4, 0.5) is 0 Å². The van der Waals surface area contributed by atoms with Crippen LogP contribution in [0.5, 0.6) is 0 Å². The molecule has 0 saturated carbocycles. The topological polar surface area (TPSA) is 58.4 Å². The van der Waals surface area contributed by atoms with Gasteiger partial charge in [-0.05, 0) is 50.2 Å². The lowest BCUT2D eigenvalue weighted by molar-refractivity contribution is 0.1000. The highest BCUT2D eigenvalue weighted by Crippen LogP contribution is 2.11. The molecule has 1 unspecified atom stereocenters. The van der Waals surface area contributed by atoms with Gasteiger partial charge in [0.05, 0.1) is 0 Å². The lowest BCUT2D eigenvalue weighted by Crippen LogP contribution is -2.38. The fourth-order valence-corrected chi connectivity index (χ4v) is 2.27. The van der Waals surface area contributed by atoms with Crippen LogP contribution in [0.3, 0.4) is 0 Å². The van der Waals surface area contributed by atoms with Gasteiger partial charge in [-0.2, -0.15) is 0 Å². The summed E-state index contributed by atoms with van der Waals surface area (Å²) in [6, 6.07) is 6.06. The van der Waals surface area contributed by atoms with E-state index in [1.165, 1.54) is 5.56 Å². The molecule has 0 aliphatic rings. The molecule has 0 aliphatic carbocycles. The first-order valence-electron chi connectivity index (χ1n) is 7.33. The highest BCUT2D eigenvalue weighted by Gasteiger charge is 2.08. The molecule has 0 aliphatic heterocycles. The molecular formula is C16H27N3O. The van der Waals surface area contributed by atoms with Crippen molar-refractivity contribution in [3.63, 3.8) is 0 Å². The zero-order valence-electron chi connectivity index (χ0n) is 13.1. The number of hydrogen-bond donors (Lipinski definition) is 2. The van der Waals surface area contributed by atoms with Crippen molar-refractivity contribution in [1.82, 2.24) is 10.2 Å². The number of rotatable bonds is 8. The van der Waals surface area contributed by atoms with Crippen molar-refractivity contribution >= 4 is 5.91 Å². The van der Waals surface area contributed by atoms with Crippen LogP contribution in [-0.4, -0.2) is 36.5 Å². The zero-order valence-corrected chi connectivity index (χ0v) is 13.1. The Bertz CT molecular complexity index is 441. The largest absolute Gasteiger partial charge is 0.366 e. The van der Waals surface area contributed by atoms with Crippen LogP contribution >= 0.6 is 0 Å². The number of aryl methyl sites for hydroxylation is 1. The molecule has 20 heavy (non-hydrogen) atoms. The molecule has 0 radical (unpaired) electrons. The summed E-state index contributed by atoms with van der Waals surface area (Å²) in [5.41, 5.74) is 8.16. The van der Waals surface area contributed by atoms with Crippen LogP contribution < -0.4 is 11.1 Å². The van der Waals surface area contributed by atoms with E-state index in [1.54, 1.807) is 6.07 Å². The van der Waals surface area contributed by atoms with E-state index < -0.39 is 0 Å². The zero-order chi connectivity index (χ0) is 15.1. The third-order valence-electron chi connectivity index (χ3n) is 3.69. The minimum atomic E-state index is -0.373. The summed E-state index contributed by atoms with van der Waals surface area (Å²) >= 11 is 0. The number of primary amides is 1. The van der Waals surface area contributed by atoms with Gasteiger partial charge >= 0.3 is 0 Å². The van der Waals surface area contributed by atoms with Crippen molar-refractivity contribution in [1.29, 1.82) is 0 Å². The average molecular weight is 277 g/mol. The molecule has 0 aromatic heterocycles. The van der Waals surface area contributed by atoms with Crippen LogP contribution in [0.15, 0.2) is 18.2 Å². The van der Waals surface area contributed by atoms with E-state index in [1.807, 2.05) is 19.1 Å². The first kappa shape index (κ1) is 16.7. The molecule has 0 saturated heterocycles. The van der Waals surface area contributed by atoms with E-state index in [9.17, 15) is 4.79 Å². The second-order valence-corrected chi connectivity index (χ2v) is 5.27. The summed E-state index contributed by atoms with van der Waals surface area (Å²) in [5.74, 6) is -0.373. The summed E-state index contributed by atoms with van der Waals surface area (Å²) < 4.78 is 0. The molecule has 1 atom stereocenters. The molecular weight excluding hydrogens is 250 g/mol. The summed E-state index contributed by atoms with van der Waals surface area (Å²) in [6.45, 7) is 12.6. The molecule has 0 spiro atoms. The highest BCUT2D eigenvalue weighted by molar-refractivity contribution is 5.93. The van der Waals surface area contributed by atoms with Crippen LogP contribution in [0.25, 0.3) is 0 Å². The summed E-state index contributed by atoms with van der Waals surface area (Å²) in [6.07, 6.45) is 0. The van der Waals surface area contributed by atoms with E-state index in [4.69, 9.17) is 5.73 Å². The van der Waals surface area contributed by atoms with Gasteiger partial charge < -0.3 is 16.0 Å². The molecule has 4 nitrogen and oxygen atoms in total. The molecule has 1 rings (SSSR count). The number of nitrogens with one attached hydrogen (secondary N) is 1. The Hall–Kier alpha value is -1.39. The van der Waals surface area contributed by atoms with Crippen molar-refractivity contribution in [3.8, 4) is 0 Å². The van der Waals surface area contributed by atoms with Crippen molar-refractivity contribution in [3.05, 3.63) is 34.9 Å². The van der Waals surface area contributed by atoms with E-state index in [0.29, 0.717) is 11.6 Å². The summed E-state index contributed by atoms with van der Waals surface area (Å²) in [4.78, 5) is 13.5. The molecule has 1 amide bonds. The second-order valence-electron chi connectivity index (χ2n) is 5.27. The van der Waals surface area contributed by atoms with E-state index >= 15 is 0 Å². The lowest BCUT2D eigenvalue weighted by Gasteiger charge is -2.23. The van der Waals surface area contributed by atoms with Gasteiger partial charge in [-0.3, -0.25) is 4.79 Å². The second kappa shape index (κ2) is 8.02. The quantitative estimate of drug-likeness (QED) is 0.763. The van der Waals surface area contributed by atoms with Gasteiger partial charge in [0, 0.05) is 24.7 Å². The predicted molar refractivity (Wildman–Crippen MR) is 83.8 cm³/mol. The fourth-order valence-electron chi connectivity index (χ4n) is 2.27. The lowest BCUT2D eigenvalue weighted by atomic mass is 10.0. The Morgan fingerprint density at radius 2 is 2.00 bits per heavy atom. The molecule has 1 aromatic rings. The first-order valence-corrected chi connectivity index (χ1v) is 7.33. The minimum absolute atomic E-state index is 0.373. The van der Waals surface area contributed by atoms with Gasteiger partial charge in [0.25, 0.3) is 0 Å². The van der Waals surface area contributed by atoms with Gasteiger partial charge in [-0.15, -0.1) is 0 Å². The van der Waals surface area contributed by atoms with Gasteiger partial charge in [-0.25, -0.2) is 0 Å². The van der Waals surface area contributed by atoms with Crippen LogP contribution in [0.2, 0.25) is 0 Å². The average Bonchev–Trinajstić information content (AvgIpc) is 2.43. The molecule has 0 heterocycles. The van der Waals surface area contributed by atoms with Crippen molar-refractivity contribution in [2.75, 3.05) is 19.6 Å². The normalized spacial score (nSPS) is 12.7. The van der Waals surface area contributed by atoms with Gasteiger partial charge in [0.1, 0.15) is 0 Å². The van der Waals surface area contributed by atoms with Gasteiger partial charge in [0.15, 0.2) is 0 Å². The Morgan fingerprint density at radius 3 is 2.50 bits per heavy atom. The standard InChI is InChI=1S/C16H27N3O/c1-5-19(6-2)11-13(4)18-10-15-8-7-14(16(17)20)9-12(15)3/h7-9,13,18H,5-6,10-11H2,1-4H3,(H2,17,20). The van der Waals surface area contributed by atoms with Crippen LogP contribution in [0.1, 0.15) is 42.3 Å².